The number of nitro groups is 1. The van der Waals surface area contributed by atoms with Crippen molar-refractivity contribution in [2.75, 3.05) is 0 Å². The Morgan fingerprint density at radius 1 is 1.42 bits per heavy atom. The van der Waals surface area contributed by atoms with Crippen LogP contribution in [0.1, 0.15) is 0 Å². The molecule has 1 rings (SSSR count). The Balaban J connectivity index is 3.38. The van der Waals surface area contributed by atoms with Crippen LogP contribution in [0.4, 0.5) is 5.69 Å². The van der Waals surface area contributed by atoms with Gasteiger partial charge in [-0.05, 0) is 6.07 Å². The average Bonchev–Trinajstić information content (AvgIpc) is 1.82. The molecule has 1 aromatic carbocycles. The summed E-state index contributed by atoms with van der Waals surface area (Å²) in [5, 5.41) is 19.3. The van der Waals surface area contributed by atoms with Gasteiger partial charge in [-0.2, -0.15) is 0 Å². The fraction of sp³-hybridized carbons (Fsp3) is 0. The molecule has 1 aromatic rings. The van der Waals surface area contributed by atoms with E-state index in [0.717, 1.165) is 6.07 Å². The van der Waals surface area contributed by atoms with E-state index in [-0.39, 0.29) is 10.0 Å². The van der Waals surface area contributed by atoms with E-state index in [1.807, 2.05) is 0 Å². The zero-order valence-electron chi connectivity index (χ0n) is 5.62. The molecule has 0 bridgehead atoms. The molecule has 0 unspecified atom stereocenters. The number of nitrogens with zero attached hydrogens (tertiary/aromatic N) is 1. The lowest BCUT2D eigenvalue weighted by Crippen LogP contribution is -1.89. The van der Waals surface area contributed by atoms with Gasteiger partial charge in [-0.1, -0.05) is 23.2 Å². The molecule has 0 aliphatic heterocycles. The number of aromatic hydroxyl groups is 1. The third-order valence-electron chi connectivity index (χ3n) is 1.19. The van der Waals surface area contributed by atoms with Crippen LogP contribution >= 0.6 is 23.2 Å². The largest absolute Gasteiger partial charge is 0.502 e. The first-order valence-electron chi connectivity index (χ1n) is 2.85. The van der Waals surface area contributed by atoms with Gasteiger partial charge in [0.05, 0.1) is 4.92 Å². The van der Waals surface area contributed by atoms with Gasteiger partial charge in [0.15, 0.2) is 5.75 Å². The van der Waals surface area contributed by atoms with E-state index in [1.54, 1.807) is 0 Å². The maximum absolute atomic E-state index is 10.3. The first kappa shape index (κ1) is 9.09. The summed E-state index contributed by atoms with van der Waals surface area (Å²) < 4.78 is 0. The summed E-state index contributed by atoms with van der Waals surface area (Å²) in [5.41, 5.74) is -0.527. The normalized spacial score (nSPS) is 9.83. The molecule has 0 aliphatic rings. The standard InChI is InChI=1S/C6H3Cl2NO3/c7-3-1-4(8)6(9(11)12)5(10)2-3/h1-2,10H. The zero-order valence-corrected chi connectivity index (χ0v) is 7.13. The van der Waals surface area contributed by atoms with Crippen molar-refractivity contribution < 1.29 is 10.0 Å². The van der Waals surface area contributed by atoms with Gasteiger partial charge in [-0.15, -0.1) is 0 Å². The molecule has 0 spiro atoms. The molecule has 0 radical (unpaired) electrons. The van der Waals surface area contributed by atoms with Crippen LogP contribution in [0.5, 0.6) is 5.75 Å². The molecule has 0 saturated heterocycles. The van der Waals surface area contributed by atoms with Gasteiger partial charge in [0.1, 0.15) is 5.02 Å². The van der Waals surface area contributed by atoms with Crippen LogP contribution in [-0.4, -0.2) is 10.0 Å². The molecule has 0 heterocycles. The third-order valence-corrected chi connectivity index (χ3v) is 1.70. The fourth-order valence-electron chi connectivity index (χ4n) is 0.733. The number of phenols is 1. The summed E-state index contributed by atoms with van der Waals surface area (Å²) >= 11 is 10.9. The van der Waals surface area contributed by atoms with E-state index in [2.05, 4.69) is 0 Å². The van der Waals surface area contributed by atoms with Crippen LogP contribution in [0.25, 0.3) is 0 Å². The number of rotatable bonds is 1. The second-order valence-electron chi connectivity index (χ2n) is 2.01. The lowest BCUT2D eigenvalue weighted by atomic mass is 10.3. The monoisotopic (exact) mass is 207 g/mol. The Morgan fingerprint density at radius 3 is 2.42 bits per heavy atom. The Kier molecular flexibility index (Phi) is 2.40. The number of halogens is 2. The van der Waals surface area contributed by atoms with E-state index < -0.39 is 16.4 Å². The van der Waals surface area contributed by atoms with Crippen LogP contribution in [0.15, 0.2) is 12.1 Å². The predicted octanol–water partition coefficient (Wildman–Crippen LogP) is 2.61. The first-order chi connectivity index (χ1) is 5.52. The number of phenolic OH excluding ortho intramolecular Hbond substituents is 1. The topological polar surface area (TPSA) is 63.4 Å². The minimum atomic E-state index is -0.770. The maximum Gasteiger partial charge on any atom is 0.329 e. The molecule has 0 saturated carbocycles. The van der Waals surface area contributed by atoms with E-state index in [1.165, 1.54) is 6.07 Å². The van der Waals surface area contributed by atoms with Crippen molar-refractivity contribution in [2.24, 2.45) is 0 Å². The van der Waals surface area contributed by atoms with Crippen molar-refractivity contribution >= 4 is 28.9 Å². The van der Waals surface area contributed by atoms with Gasteiger partial charge >= 0.3 is 5.69 Å². The van der Waals surface area contributed by atoms with Crippen molar-refractivity contribution in [1.82, 2.24) is 0 Å². The Bertz CT molecular complexity index is 317. The van der Waals surface area contributed by atoms with E-state index in [9.17, 15) is 10.1 Å². The molecule has 4 nitrogen and oxygen atoms in total. The Morgan fingerprint density at radius 2 is 2.00 bits per heavy atom. The number of hydrogen-bond donors (Lipinski definition) is 1. The van der Waals surface area contributed by atoms with Crippen molar-refractivity contribution in [1.29, 1.82) is 0 Å². The quantitative estimate of drug-likeness (QED) is 0.569. The molecular weight excluding hydrogens is 205 g/mol. The van der Waals surface area contributed by atoms with Gasteiger partial charge in [-0.3, -0.25) is 10.1 Å². The van der Waals surface area contributed by atoms with Crippen LogP contribution in [0, 0.1) is 10.1 Å². The number of hydrogen-bond acceptors (Lipinski definition) is 3. The van der Waals surface area contributed by atoms with Crippen molar-refractivity contribution in [2.45, 2.75) is 0 Å². The zero-order chi connectivity index (χ0) is 9.30. The van der Waals surface area contributed by atoms with Gasteiger partial charge in [-0.25, -0.2) is 0 Å². The molecule has 0 amide bonds. The van der Waals surface area contributed by atoms with E-state index in [4.69, 9.17) is 28.3 Å². The molecule has 0 fully saturated rings. The van der Waals surface area contributed by atoms with Crippen LogP contribution in [0.2, 0.25) is 10.0 Å². The highest BCUT2D eigenvalue weighted by Crippen LogP contribution is 2.36. The minimum Gasteiger partial charge on any atom is -0.502 e. The molecule has 0 aliphatic carbocycles. The molecule has 64 valence electrons. The Labute approximate surface area is 77.5 Å². The smallest absolute Gasteiger partial charge is 0.329 e. The molecule has 6 heteroatoms. The average molecular weight is 208 g/mol. The highest BCUT2D eigenvalue weighted by molar-refractivity contribution is 6.36. The third kappa shape index (κ3) is 1.60. The van der Waals surface area contributed by atoms with Gasteiger partial charge in [0.2, 0.25) is 0 Å². The van der Waals surface area contributed by atoms with Crippen molar-refractivity contribution in [3.05, 3.63) is 32.3 Å². The predicted molar refractivity (Wildman–Crippen MR) is 44.8 cm³/mol. The van der Waals surface area contributed by atoms with Crippen LogP contribution in [0.3, 0.4) is 0 Å². The second-order valence-corrected chi connectivity index (χ2v) is 2.86. The van der Waals surface area contributed by atoms with Crippen molar-refractivity contribution in [3.8, 4) is 5.75 Å². The second kappa shape index (κ2) is 3.16. The van der Waals surface area contributed by atoms with E-state index >= 15 is 0 Å². The molecule has 0 aromatic heterocycles. The van der Waals surface area contributed by atoms with Gasteiger partial charge in [0, 0.05) is 11.1 Å². The minimum absolute atomic E-state index is 0.156. The SMILES string of the molecule is O=[N+]([O-])c1c(O)cc(Cl)cc1Cl. The summed E-state index contributed by atoms with van der Waals surface area (Å²) in [5.74, 6) is -0.530. The summed E-state index contributed by atoms with van der Waals surface area (Å²) in [4.78, 5) is 9.50. The van der Waals surface area contributed by atoms with Crippen LogP contribution < -0.4 is 0 Å². The van der Waals surface area contributed by atoms with Gasteiger partial charge < -0.3 is 5.11 Å². The summed E-state index contributed by atoms with van der Waals surface area (Å²) in [6, 6.07) is 2.26. The first-order valence-corrected chi connectivity index (χ1v) is 3.60. The highest BCUT2D eigenvalue weighted by atomic mass is 35.5. The molecule has 12 heavy (non-hydrogen) atoms. The summed E-state index contributed by atoms with van der Waals surface area (Å²) in [6.45, 7) is 0. The molecule has 1 N–H and O–H groups in total. The van der Waals surface area contributed by atoms with Crippen LogP contribution in [-0.2, 0) is 0 Å². The molecule has 0 atom stereocenters. The van der Waals surface area contributed by atoms with E-state index in [0.29, 0.717) is 0 Å². The molecular formula is C6H3Cl2NO3. The summed E-state index contributed by atoms with van der Waals surface area (Å²) in [6.07, 6.45) is 0. The summed E-state index contributed by atoms with van der Waals surface area (Å²) in [7, 11) is 0. The lowest BCUT2D eigenvalue weighted by molar-refractivity contribution is -0.385. The number of benzene rings is 1. The fourth-order valence-corrected chi connectivity index (χ4v) is 1.28. The Hall–Kier alpha value is -1.000. The number of nitro benzene ring substituents is 1. The van der Waals surface area contributed by atoms with Gasteiger partial charge in [0.25, 0.3) is 0 Å². The maximum atomic E-state index is 10.3. The van der Waals surface area contributed by atoms with Crippen molar-refractivity contribution in [3.63, 3.8) is 0 Å². The lowest BCUT2D eigenvalue weighted by Gasteiger charge is -1.98. The highest BCUT2D eigenvalue weighted by Gasteiger charge is 2.18.